The number of hydrogen-bond donors (Lipinski definition) is 1. The van der Waals surface area contributed by atoms with Gasteiger partial charge in [0.2, 0.25) is 0 Å². The number of nitro groups is 1. The summed E-state index contributed by atoms with van der Waals surface area (Å²) < 4.78 is 4.80. The Bertz CT molecular complexity index is 395. The molecule has 0 aliphatic heterocycles. The summed E-state index contributed by atoms with van der Waals surface area (Å²) in [6, 6.07) is 6.14. The molecule has 0 saturated heterocycles. The van der Waals surface area contributed by atoms with Crippen LogP contribution >= 0.6 is 0 Å². The van der Waals surface area contributed by atoms with Crippen molar-refractivity contribution in [2.24, 2.45) is 0 Å². The van der Waals surface area contributed by atoms with Gasteiger partial charge in [-0.05, 0) is 13.0 Å². The number of benzene rings is 1. The lowest BCUT2D eigenvalue weighted by Gasteiger charge is -2.05. The smallest absolute Gasteiger partial charge is 0.407 e. The van der Waals surface area contributed by atoms with E-state index in [4.69, 9.17) is 4.74 Å². The average molecular weight is 286 g/mol. The molecule has 1 aromatic rings. The summed E-state index contributed by atoms with van der Waals surface area (Å²) in [4.78, 5) is 21.1. The SMILES string of the molecule is C.C.CC.CCNC(=O)OCc1ccccc1[N+](=O)[O-]. The predicted octanol–water partition coefficient (Wildman–Crippen LogP) is 4.14. The maximum absolute atomic E-state index is 11.0. The molecule has 0 aliphatic rings. The zero-order valence-corrected chi connectivity index (χ0v) is 10.8. The second-order valence-electron chi connectivity index (χ2n) is 2.99. The molecule has 0 unspecified atom stereocenters. The largest absolute Gasteiger partial charge is 0.444 e. The van der Waals surface area contributed by atoms with Crippen molar-refractivity contribution in [3.05, 3.63) is 39.9 Å². The zero-order chi connectivity index (χ0) is 14.0. The third-order valence-corrected chi connectivity index (χ3v) is 1.87. The van der Waals surface area contributed by atoms with Crippen LogP contribution in [0.15, 0.2) is 24.3 Å². The summed E-state index contributed by atoms with van der Waals surface area (Å²) in [5.74, 6) is 0. The zero-order valence-electron chi connectivity index (χ0n) is 10.8. The minimum atomic E-state index is -0.583. The summed E-state index contributed by atoms with van der Waals surface area (Å²) >= 11 is 0. The van der Waals surface area contributed by atoms with Crippen LogP contribution in [-0.4, -0.2) is 17.6 Å². The van der Waals surface area contributed by atoms with Crippen molar-refractivity contribution < 1.29 is 14.5 Å². The molecule has 20 heavy (non-hydrogen) atoms. The van der Waals surface area contributed by atoms with Gasteiger partial charge >= 0.3 is 6.09 Å². The second-order valence-corrected chi connectivity index (χ2v) is 2.99. The number of amides is 1. The Morgan fingerprint density at radius 1 is 1.30 bits per heavy atom. The van der Waals surface area contributed by atoms with Crippen LogP contribution in [0.3, 0.4) is 0 Å². The van der Waals surface area contributed by atoms with E-state index in [1.54, 1.807) is 25.1 Å². The molecule has 1 N–H and O–H groups in total. The second kappa shape index (κ2) is 13.3. The summed E-state index contributed by atoms with van der Waals surface area (Å²) in [6.45, 7) is 6.10. The van der Waals surface area contributed by atoms with Gasteiger partial charge < -0.3 is 10.1 Å². The van der Waals surface area contributed by atoms with Crippen LogP contribution in [-0.2, 0) is 11.3 Å². The summed E-state index contributed by atoms with van der Waals surface area (Å²) in [6.07, 6.45) is -0.583. The fourth-order valence-electron chi connectivity index (χ4n) is 1.15. The van der Waals surface area contributed by atoms with Crippen LogP contribution in [0.25, 0.3) is 0 Å². The monoisotopic (exact) mass is 286 g/mol. The Kier molecular flexibility index (Phi) is 15.3. The van der Waals surface area contributed by atoms with E-state index in [-0.39, 0.29) is 27.1 Å². The third-order valence-electron chi connectivity index (χ3n) is 1.87. The number of ether oxygens (including phenoxy) is 1. The molecule has 1 amide bonds. The van der Waals surface area contributed by atoms with E-state index >= 15 is 0 Å². The van der Waals surface area contributed by atoms with E-state index < -0.39 is 11.0 Å². The molecular formula is C14H26N2O4. The molecule has 0 spiro atoms. The first-order valence-corrected chi connectivity index (χ1v) is 5.78. The van der Waals surface area contributed by atoms with Crippen LogP contribution in [0.1, 0.15) is 41.2 Å². The van der Waals surface area contributed by atoms with Gasteiger partial charge in [-0.2, -0.15) is 0 Å². The first-order valence-electron chi connectivity index (χ1n) is 5.78. The van der Waals surface area contributed by atoms with E-state index in [1.807, 2.05) is 13.8 Å². The number of nitro benzene ring substituents is 1. The molecule has 6 heteroatoms. The van der Waals surface area contributed by atoms with Gasteiger partial charge in [-0.25, -0.2) is 4.79 Å². The number of nitrogens with zero attached hydrogens (tertiary/aromatic N) is 1. The Hall–Kier alpha value is -2.11. The molecule has 1 rings (SSSR count). The number of nitrogens with one attached hydrogen (secondary N) is 1. The number of rotatable bonds is 4. The lowest BCUT2D eigenvalue weighted by molar-refractivity contribution is -0.385. The molecule has 0 aliphatic carbocycles. The van der Waals surface area contributed by atoms with Gasteiger partial charge in [0.05, 0.1) is 10.5 Å². The molecule has 0 fully saturated rings. The van der Waals surface area contributed by atoms with Gasteiger partial charge in [-0.1, -0.05) is 40.8 Å². The highest BCUT2D eigenvalue weighted by Gasteiger charge is 2.13. The van der Waals surface area contributed by atoms with Crippen molar-refractivity contribution in [3.63, 3.8) is 0 Å². The Morgan fingerprint density at radius 2 is 1.85 bits per heavy atom. The van der Waals surface area contributed by atoms with Gasteiger partial charge in [0.15, 0.2) is 0 Å². The van der Waals surface area contributed by atoms with E-state index in [9.17, 15) is 14.9 Å². The number of carbonyl (C=O) groups excluding carboxylic acids is 1. The van der Waals surface area contributed by atoms with Crippen LogP contribution < -0.4 is 5.32 Å². The van der Waals surface area contributed by atoms with Crippen LogP contribution in [0.4, 0.5) is 10.5 Å². The van der Waals surface area contributed by atoms with Gasteiger partial charge in [-0.15, -0.1) is 0 Å². The van der Waals surface area contributed by atoms with E-state index in [0.717, 1.165) is 0 Å². The first-order chi connectivity index (χ1) is 8.65. The number of para-hydroxylation sites is 1. The topological polar surface area (TPSA) is 81.5 Å². The van der Waals surface area contributed by atoms with Crippen molar-refractivity contribution in [1.29, 1.82) is 0 Å². The molecule has 6 nitrogen and oxygen atoms in total. The van der Waals surface area contributed by atoms with Gasteiger partial charge in [-0.3, -0.25) is 10.1 Å². The van der Waals surface area contributed by atoms with Gasteiger partial charge in [0.25, 0.3) is 5.69 Å². The van der Waals surface area contributed by atoms with Crippen LogP contribution in [0, 0.1) is 10.1 Å². The van der Waals surface area contributed by atoms with Crippen LogP contribution in [0.5, 0.6) is 0 Å². The van der Waals surface area contributed by atoms with E-state index in [0.29, 0.717) is 12.1 Å². The molecule has 0 atom stereocenters. The lowest BCUT2D eigenvalue weighted by Crippen LogP contribution is -2.23. The van der Waals surface area contributed by atoms with Crippen molar-refractivity contribution >= 4 is 11.8 Å². The molecule has 0 aromatic heterocycles. The normalized spacial score (nSPS) is 7.95. The average Bonchev–Trinajstić information content (AvgIpc) is 2.39. The minimum Gasteiger partial charge on any atom is -0.444 e. The summed E-state index contributed by atoms with van der Waals surface area (Å²) in [7, 11) is 0. The third kappa shape index (κ3) is 8.07. The highest BCUT2D eigenvalue weighted by Crippen LogP contribution is 2.18. The number of hydrogen-bond acceptors (Lipinski definition) is 4. The predicted molar refractivity (Wildman–Crippen MR) is 81.8 cm³/mol. The van der Waals surface area contributed by atoms with Gasteiger partial charge in [0.1, 0.15) is 6.61 Å². The van der Waals surface area contributed by atoms with Crippen molar-refractivity contribution in [1.82, 2.24) is 5.32 Å². The maximum atomic E-state index is 11.0. The molecule has 0 radical (unpaired) electrons. The number of alkyl carbamates (subject to hydrolysis) is 1. The molecule has 0 heterocycles. The lowest BCUT2D eigenvalue weighted by atomic mass is 10.2. The Balaban J connectivity index is -0.000000689. The van der Waals surface area contributed by atoms with Crippen molar-refractivity contribution in [2.75, 3.05) is 6.54 Å². The first kappa shape index (κ1) is 23.0. The molecule has 1 aromatic carbocycles. The maximum Gasteiger partial charge on any atom is 0.407 e. The minimum absolute atomic E-state index is 0. The molecular weight excluding hydrogens is 260 g/mol. The highest BCUT2D eigenvalue weighted by molar-refractivity contribution is 5.67. The van der Waals surface area contributed by atoms with E-state index in [2.05, 4.69) is 5.32 Å². The van der Waals surface area contributed by atoms with E-state index in [1.165, 1.54) is 6.07 Å². The van der Waals surface area contributed by atoms with Crippen molar-refractivity contribution in [2.45, 2.75) is 42.2 Å². The quantitative estimate of drug-likeness (QED) is 0.666. The Labute approximate surface area is 121 Å². The highest BCUT2D eigenvalue weighted by atomic mass is 16.6. The summed E-state index contributed by atoms with van der Waals surface area (Å²) in [5.41, 5.74) is 0.325. The fourth-order valence-corrected chi connectivity index (χ4v) is 1.15. The Morgan fingerprint density at radius 3 is 2.35 bits per heavy atom. The standard InChI is InChI=1S/C10H12N2O4.C2H6.2CH4/c1-2-11-10(13)16-7-8-5-3-4-6-9(8)12(14)15;1-2;;/h3-6H,2,7H2,1H3,(H,11,13);1-2H3;2*1H4. The molecule has 0 saturated carbocycles. The summed E-state index contributed by atoms with van der Waals surface area (Å²) in [5, 5.41) is 13.1. The van der Waals surface area contributed by atoms with Gasteiger partial charge in [0, 0.05) is 12.6 Å². The van der Waals surface area contributed by atoms with Crippen LogP contribution in [0.2, 0.25) is 0 Å². The molecule has 0 bridgehead atoms. The molecule has 116 valence electrons. The fraction of sp³-hybridized carbons (Fsp3) is 0.500. The number of carbonyl (C=O) groups is 1. The van der Waals surface area contributed by atoms with Crippen molar-refractivity contribution in [3.8, 4) is 0 Å².